The Morgan fingerprint density at radius 2 is 1.51 bits per heavy atom. The molecule has 1 aromatic heterocycles. The van der Waals surface area contributed by atoms with Gasteiger partial charge in [0.25, 0.3) is 5.91 Å². The van der Waals surface area contributed by atoms with Crippen molar-refractivity contribution < 1.29 is 23.8 Å². The van der Waals surface area contributed by atoms with E-state index in [0.717, 1.165) is 22.5 Å². The molecule has 0 aliphatic rings. The van der Waals surface area contributed by atoms with Gasteiger partial charge >= 0.3 is 0 Å². The first kappa shape index (κ1) is 31.4. The SMILES string of the molecule is COc1cccc(C(C(=O)Nc2ccc(OC)cc2OC)N(Cc2ccc(C)cc2)C(=O)CSc2nc(C)cc(C)n2)c1. The molecule has 0 saturated carbocycles. The summed E-state index contributed by atoms with van der Waals surface area (Å²) >= 11 is 1.24. The first-order valence-electron chi connectivity index (χ1n) is 13.7. The highest BCUT2D eigenvalue weighted by molar-refractivity contribution is 7.99. The Hall–Kier alpha value is -4.57. The van der Waals surface area contributed by atoms with Gasteiger partial charge in [-0.05, 0) is 62.2 Å². The zero-order chi connectivity index (χ0) is 30.9. The smallest absolute Gasteiger partial charge is 0.251 e. The fourth-order valence-corrected chi connectivity index (χ4v) is 5.40. The van der Waals surface area contributed by atoms with Gasteiger partial charge in [0, 0.05) is 24.0 Å². The molecule has 2 amide bonds. The van der Waals surface area contributed by atoms with Crippen molar-refractivity contribution in [3.63, 3.8) is 0 Å². The van der Waals surface area contributed by atoms with E-state index in [1.807, 2.05) is 57.2 Å². The summed E-state index contributed by atoms with van der Waals surface area (Å²) in [6.07, 6.45) is 0. The molecule has 0 radical (unpaired) electrons. The summed E-state index contributed by atoms with van der Waals surface area (Å²) in [4.78, 5) is 38.8. The maximum absolute atomic E-state index is 14.2. The first-order valence-corrected chi connectivity index (χ1v) is 14.7. The number of aromatic nitrogens is 2. The van der Waals surface area contributed by atoms with Crippen LogP contribution in [0.2, 0.25) is 0 Å². The van der Waals surface area contributed by atoms with Crippen LogP contribution >= 0.6 is 11.8 Å². The number of rotatable bonds is 12. The maximum atomic E-state index is 14.2. The van der Waals surface area contributed by atoms with Crippen molar-refractivity contribution in [3.8, 4) is 17.2 Å². The lowest BCUT2D eigenvalue weighted by Gasteiger charge is -2.32. The standard InChI is InChI=1S/C33H36N4O5S/c1-21-10-12-24(13-11-21)19-37(30(38)20-43-33-34-22(2)16-23(3)35-33)31(25-8-7-9-26(17-25)40-4)32(39)36-28-15-14-27(41-5)18-29(28)42-6/h7-18,31H,19-20H2,1-6H3,(H,36,39). The average molecular weight is 601 g/mol. The van der Waals surface area contributed by atoms with Crippen LogP contribution in [-0.4, -0.2) is 53.8 Å². The molecule has 9 nitrogen and oxygen atoms in total. The van der Waals surface area contributed by atoms with Gasteiger partial charge in [0.1, 0.15) is 23.3 Å². The second-order valence-electron chi connectivity index (χ2n) is 9.96. The number of thioether (sulfide) groups is 1. The van der Waals surface area contributed by atoms with Gasteiger partial charge in [-0.25, -0.2) is 9.97 Å². The molecule has 10 heteroatoms. The zero-order valence-corrected chi connectivity index (χ0v) is 26.0. The molecule has 1 unspecified atom stereocenters. The molecule has 0 spiro atoms. The monoisotopic (exact) mass is 600 g/mol. The van der Waals surface area contributed by atoms with Gasteiger partial charge < -0.3 is 24.4 Å². The van der Waals surface area contributed by atoms with Crippen LogP contribution in [0.1, 0.15) is 34.1 Å². The largest absolute Gasteiger partial charge is 0.497 e. The molecule has 4 aromatic rings. The van der Waals surface area contributed by atoms with E-state index in [1.54, 1.807) is 55.5 Å². The highest BCUT2D eigenvalue weighted by Gasteiger charge is 2.33. The minimum atomic E-state index is -1.00. The molecule has 4 rings (SSSR count). The van der Waals surface area contributed by atoms with E-state index in [4.69, 9.17) is 14.2 Å². The fraction of sp³-hybridized carbons (Fsp3) is 0.273. The lowest BCUT2D eigenvalue weighted by Crippen LogP contribution is -2.42. The van der Waals surface area contributed by atoms with Crippen molar-refractivity contribution in [2.24, 2.45) is 0 Å². The number of carbonyl (C=O) groups excluding carboxylic acids is 2. The number of aryl methyl sites for hydroxylation is 3. The van der Waals surface area contributed by atoms with Crippen molar-refractivity contribution in [1.29, 1.82) is 0 Å². The summed E-state index contributed by atoms with van der Waals surface area (Å²) in [5.74, 6) is 0.951. The average Bonchev–Trinajstić information content (AvgIpc) is 3.00. The van der Waals surface area contributed by atoms with Crippen LogP contribution in [0.4, 0.5) is 5.69 Å². The second kappa shape index (κ2) is 14.6. The quantitative estimate of drug-likeness (QED) is 0.158. The highest BCUT2D eigenvalue weighted by Crippen LogP contribution is 2.33. The third kappa shape index (κ3) is 8.26. The number of nitrogens with one attached hydrogen (secondary N) is 1. The van der Waals surface area contributed by atoms with Gasteiger partial charge in [-0.3, -0.25) is 9.59 Å². The van der Waals surface area contributed by atoms with E-state index in [0.29, 0.717) is 33.7 Å². The van der Waals surface area contributed by atoms with Crippen LogP contribution in [0, 0.1) is 20.8 Å². The summed E-state index contributed by atoms with van der Waals surface area (Å²) in [6.45, 7) is 5.98. The molecular formula is C33H36N4O5S. The molecule has 0 saturated heterocycles. The van der Waals surface area contributed by atoms with E-state index in [1.165, 1.54) is 18.9 Å². The molecule has 0 fully saturated rings. The topological polar surface area (TPSA) is 103 Å². The number of anilines is 1. The predicted molar refractivity (Wildman–Crippen MR) is 168 cm³/mol. The summed E-state index contributed by atoms with van der Waals surface area (Å²) < 4.78 is 16.3. The molecule has 3 aromatic carbocycles. The van der Waals surface area contributed by atoms with E-state index < -0.39 is 11.9 Å². The predicted octanol–water partition coefficient (Wildman–Crippen LogP) is 5.93. The van der Waals surface area contributed by atoms with Gasteiger partial charge in [-0.15, -0.1) is 0 Å². The number of ether oxygens (including phenoxy) is 3. The Labute approximate surface area is 256 Å². The molecule has 1 N–H and O–H groups in total. The summed E-state index contributed by atoms with van der Waals surface area (Å²) in [7, 11) is 4.64. The van der Waals surface area contributed by atoms with Crippen molar-refractivity contribution in [1.82, 2.24) is 14.9 Å². The Morgan fingerprint density at radius 3 is 2.16 bits per heavy atom. The maximum Gasteiger partial charge on any atom is 0.251 e. The minimum absolute atomic E-state index is 0.0361. The van der Waals surface area contributed by atoms with Gasteiger partial charge in [0.15, 0.2) is 5.16 Å². The Kier molecular flexibility index (Phi) is 10.6. The third-order valence-corrected chi connectivity index (χ3v) is 7.55. The number of carbonyl (C=O) groups is 2. The summed E-state index contributed by atoms with van der Waals surface area (Å²) in [6, 6.07) is 21.1. The van der Waals surface area contributed by atoms with Gasteiger partial charge in [-0.1, -0.05) is 53.7 Å². The lowest BCUT2D eigenvalue weighted by molar-refractivity contribution is -0.137. The number of amides is 2. The normalized spacial score (nSPS) is 11.4. The van der Waals surface area contributed by atoms with Crippen LogP contribution in [-0.2, 0) is 16.1 Å². The molecule has 43 heavy (non-hydrogen) atoms. The van der Waals surface area contributed by atoms with Gasteiger partial charge in [0.05, 0.1) is 32.8 Å². The molecule has 0 bridgehead atoms. The zero-order valence-electron chi connectivity index (χ0n) is 25.2. The van der Waals surface area contributed by atoms with Gasteiger partial charge in [0.2, 0.25) is 5.91 Å². The van der Waals surface area contributed by atoms with Crippen LogP contribution in [0.25, 0.3) is 0 Å². The molecule has 0 aliphatic heterocycles. The third-order valence-electron chi connectivity index (χ3n) is 6.72. The molecular weight excluding hydrogens is 564 g/mol. The van der Waals surface area contributed by atoms with Crippen LogP contribution < -0.4 is 19.5 Å². The number of methoxy groups -OCH3 is 3. The Balaban J connectivity index is 1.75. The second-order valence-corrected chi connectivity index (χ2v) is 10.9. The van der Waals surface area contributed by atoms with Crippen molar-refractivity contribution in [2.75, 3.05) is 32.4 Å². The number of hydrogen-bond donors (Lipinski definition) is 1. The molecule has 1 atom stereocenters. The first-order chi connectivity index (χ1) is 20.7. The number of hydrogen-bond acceptors (Lipinski definition) is 8. The summed E-state index contributed by atoms with van der Waals surface area (Å²) in [5, 5.41) is 3.49. The number of benzene rings is 3. The van der Waals surface area contributed by atoms with E-state index in [2.05, 4.69) is 15.3 Å². The summed E-state index contributed by atoms with van der Waals surface area (Å²) in [5.41, 5.74) is 4.66. The molecule has 0 aliphatic carbocycles. The van der Waals surface area contributed by atoms with Crippen LogP contribution in [0.3, 0.4) is 0 Å². The van der Waals surface area contributed by atoms with E-state index in [9.17, 15) is 9.59 Å². The molecule has 1 heterocycles. The number of nitrogens with zero attached hydrogens (tertiary/aromatic N) is 3. The van der Waals surface area contributed by atoms with Crippen LogP contribution in [0.15, 0.2) is 78.0 Å². The highest BCUT2D eigenvalue weighted by atomic mass is 32.2. The van der Waals surface area contributed by atoms with Crippen molar-refractivity contribution in [2.45, 2.75) is 38.5 Å². The van der Waals surface area contributed by atoms with Crippen LogP contribution in [0.5, 0.6) is 17.2 Å². The molecule has 224 valence electrons. The lowest BCUT2D eigenvalue weighted by atomic mass is 10.0. The minimum Gasteiger partial charge on any atom is -0.497 e. The Bertz CT molecular complexity index is 1560. The van der Waals surface area contributed by atoms with Crippen molar-refractivity contribution in [3.05, 3.63) is 101 Å². The Morgan fingerprint density at radius 1 is 0.837 bits per heavy atom. The fourth-order valence-electron chi connectivity index (χ4n) is 4.57. The van der Waals surface area contributed by atoms with Crippen molar-refractivity contribution >= 4 is 29.3 Å². The van der Waals surface area contributed by atoms with Gasteiger partial charge in [-0.2, -0.15) is 0 Å². The van der Waals surface area contributed by atoms with E-state index in [-0.39, 0.29) is 18.2 Å². The van der Waals surface area contributed by atoms with E-state index >= 15 is 0 Å².